The van der Waals surface area contributed by atoms with Gasteiger partial charge in [0.25, 0.3) is 0 Å². The number of carbonyl (C=O) groups is 3. The van der Waals surface area contributed by atoms with Crippen LogP contribution in [0.15, 0.2) is 66.7 Å². The Morgan fingerprint density at radius 2 is 1.56 bits per heavy atom. The van der Waals surface area contributed by atoms with E-state index in [2.05, 4.69) is 17.5 Å². The Labute approximate surface area is 187 Å². The number of carbonyl (C=O) groups excluding carboxylic acids is 3. The minimum atomic E-state index is -0.899. The molecule has 2 fully saturated rings. The summed E-state index contributed by atoms with van der Waals surface area (Å²) in [6, 6.07) is 15.6. The van der Waals surface area contributed by atoms with Crippen LogP contribution in [0.2, 0.25) is 0 Å². The summed E-state index contributed by atoms with van der Waals surface area (Å²) in [5, 5.41) is 2.89. The highest BCUT2D eigenvalue weighted by Gasteiger charge is 2.58. The number of imide groups is 1. The second-order valence-corrected chi connectivity index (χ2v) is 8.81. The predicted molar refractivity (Wildman–Crippen MR) is 120 cm³/mol. The zero-order valence-corrected chi connectivity index (χ0v) is 17.9. The van der Waals surface area contributed by atoms with Crippen LogP contribution >= 0.6 is 0 Å². The molecule has 6 nitrogen and oxygen atoms in total. The number of anilines is 1. The van der Waals surface area contributed by atoms with Gasteiger partial charge in [-0.1, -0.05) is 42.5 Å². The average Bonchev–Trinajstić information content (AvgIpc) is 3.11. The number of likely N-dealkylation sites (tertiary alicyclic amines) is 1. The summed E-state index contributed by atoms with van der Waals surface area (Å²) in [6.45, 7) is 0. The van der Waals surface area contributed by atoms with Crippen molar-refractivity contribution in [2.45, 2.75) is 25.3 Å². The van der Waals surface area contributed by atoms with Crippen molar-refractivity contribution >= 4 is 23.4 Å². The molecule has 2 bridgehead atoms. The van der Waals surface area contributed by atoms with Crippen LogP contribution in [0.3, 0.4) is 0 Å². The van der Waals surface area contributed by atoms with Crippen molar-refractivity contribution in [3.63, 3.8) is 0 Å². The maximum absolute atomic E-state index is 13.5. The summed E-state index contributed by atoms with van der Waals surface area (Å²) in [6.07, 6.45) is 6.32. The van der Waals surface area contributed by atoms with Gasteiger partial charge in [-0.2, -0.15) is 0 Å². The molecule has 1 saturated heterocycles. The molecule has 0 radical (unpaired) electrons. The molecule has 0 spiro atoms. The third-order valence-corrected chi connectivity index (χ3v) is 7.04. The fourth-order valence-electron chi connectivity index (χ4n) is 5.44. The number of fused-ring (bicyclic) bond motifs is 1. The minimum absolute atomic E-state index is 0.0912. The van der Waals surface area contributed by atoms with E-state index in [-0.39, 0.29) is 47.8 Å². The summed E-state index contributed by atoms with van der Waals surface area (Å²) in [5.41, 5.74) is 1.49. The smallest absolute Gasteiger partial charge is 0.248 e. The van der Waals surface area contributed by atoms with Gasteiger partial charge in [-0.3, -0.25) is 19.3 Å². The van der Waals surface area contributed by atoms with Gasteiger partial charge in [0.15, 0.2) is 0 Å². The van der Waals surface area contributed by atoms with Gasteiger partial charge in [-0.25, -0.2) is 0 Å². The molecule has 6 rings (SSSR count). The molecule has 1 aliphatic heterocycles. The number of methoxy groups -OCH3 is 1. The van der Waals surface area contributed by atoms with E-state index in [1.165, 1.54) is 4.90 Å². The van der Waals surface area contributed by atoms with Gasteiger partial charge in [-0.05, 0) is 54.5 Å². The topological polar surface area (TPSA) is 75.7 Å². The third kappa shape index (κ3) is 3.49. The second-order valence-electron chi connectivity index (χ2n) is 8.81. The number of hydrogen-bond donors (Lipinski definition) is 1. The molecule has 5 atom stereocenters. The first kappa shape index (κ1) is 20.5. The molecule has 6 heteroatoms. The largest absolute Gasteiger partial charge is 0.497 e. The monoisotopic (exact) mass is 430 g/mol. The Morgan fingerprint density at radius 1 is 0.969 bits per heavy atom. The van der Waals surface area contributed by atoms with Crippen molar-refractivity contribution in [3.8, 4) is 5.75 Å². The van der Waals surface area contributed by atoms with Gasteiger partial charge in [0.05, 0.1) is 18.9 Å². The van der Waals surface area contributed by atoms with E-state index in [0.717, 1.165) is 18.4 Å². The zero-order chi connectivity index (χ0) is 22.2. The summed E-state index contributed by atoms with van der Waals surface area (Å²) in [5.74, 6) is -0.575. The lowest BCUT2D eigenvalue weighted by Gasteiger charge is -2.38. The quantitative estimate of drug-likeness (QED) is 0.563. The molecule has 1 N–H and O–H groups in total. The molecule has 0 unspecified atom stereocenters. The molecule has 3 amide bonds. The van der Waals surface area contributed by atoms with E-state index in [4.69, 9.17) is 4.74 Å². The first-order valence-electron chi connectivity index (χ1n) is 11.1. The molecule has 2 aromatic carbocycles. The van der Waals surface area contributed by atoms with Crippen molar-refractivity contribution in [1.82, 2.24) is 4.90 Å². The molecule has 32 heavy (non-hydrogen) atoms. The lowest BCUT2D eigenvalue weighted by molar-refractivity contribution is -0.146. The van der Waals surface area contributed by atoms with Crippen LogP contribution in [0.5, 0.6) is 5.75 Å². The Bertz CT molecular complexity index is 1030. The SMILES string of the molecule is COc1ccc(NC(=O)[C@H](Cc2ccccc2)N2C(=O)[C@@H]3[C@@H](C2=O)[C@H]2C=C[C@H]3CC2)cc1. The summed E-state index contributed by atoms with van der Waals surface area (Å²) >= 11 is 0. The summed E-state index contributed by atoms with van der Waals surface area (Å²) < 4.78 is 5.17. The van der Waals surface area contributed by atoms with Crippen LogP contribution < -0.4 is 10.1 Å². The van der Waals surface area contributed by atoms with Crippen LogP contribution in [0.25, 0.3) is 0 Å². The Morgan fingerprint density at radius 3 is 2.09 bits per heavy atom. The van der Waals surface area contributed by atoms with E-state index in [1.807, 2.05) is 30.3 Å². The Balaban J connectivity index is 1.45. The maximum Gasteiger partial charge on any atom is 0.248 e. The van der Waals surface area contributed by atoms with E-state index in [9.17, 15) is 14.4 Å². The van der Waals surface area contributed by atoms with Crippen molar-refractivity contribution < 1.29 is 19.1 Å². The zero-order valence-electron chi connectivity index (χ0n) is 17.9. The highest BCUT2D eigenvalue weighted by molar-refractivity contribution is 6.10. The lowest BCUT2D eigenvalue weighted by atomic mass is 9.63. The number of benzene rings is 2. The highest BCUT2D eigenvalue weighted by atomic mass is 16.5. The Hall–Kier alpha value is -3.41. The summed E-state index contributed by atoms with van der Waals surface area (Å²) in [4.78, 5) is 41.7. The van der Waals surface area contributed by atoms with Crippen molar-refractivity contribution in [1.29, 1.82) is 0 Å². The molecule has 164 valence electrons. The van der Waals surface area contributed by atoms with Gasteiger partial charge >= 0.3 is 0 Å². The second kappa shape index (κ2) is 8.26. The first-order valence-corrected chi connectivity index (χ1v) is 11.1. The van der Waals surface area contributed by atoms with Crippen LogP contribution in [0, 0.1) is 23.7 Å². The Kier molecular flexibility index (Phi) is 5.29. The molecular weight excluding hydrogens is 404 g/mol. The molecule has 0 aromatic heterocycles. The van der Waals surface area contributed by atoms with Gasteiger partial charge in [0.1, 0.15) is 11.8 Å². The minimum Gasteiger partial charge on any atom is -0.497 e. The number of ether oxygens (including phenoxy) is 1. The molecule has 2 aromatic rings. The molecule has 4 aliphatic rings. The number of nitrogens with zero attached hydrogens (tertiary/aromatic N) is 1. The van der Waals surface area contributed by atoms with Crippen molar-refractivity contribution in [2.75, 3.05) is 12.4 Å². The molecule has 1 saturated carbocycles. The number of allylic oxidation sites excluding steroid dienone is 2. The van der Waals surface area contributed by atoms with Crippen LogP contribution in [0.4, 0.5) is 5.69 Å². The van der Waals surface area contributed by atoms with Crippen molar-refractivity contribution in [2.24, 2.45) is 23.7 Å². The van der Waals surface area contributed by atoms with Crippen LogP contribution in [0.1, 0.15) is 18.4 Å². The fraction of sp³-hybridized carbons (Fsp3) is 0.346. The highest BCUT2D eigenvalue weighted by Crippen LogP contribution is 2.50. The lowest BCUT2D eigenvalue weighted by Crippen LogP contribution is -2.49. The number of nitrogens with one attached hydrogen (secondary N) is 1. The van der Waals surface area contributed by atoms with Gasteiger partial charge < -0.3 is 10.1 Å². The normalized spacial score (nSPS) is 26.7. The number of hydrogen-bond acceptors (Lipinski definition) is 4. The maximum atomic E-state index is 13.5. The predicted octanol–water partition coefficient (Wildman–Crippen LogP) is 3.44. The van der Waals surface area contributed by atoms with E-state index in [0.29, 0.717) is 11.4 Å². The fourth-order valence-corrected chi connectivity index (χ4v) is 5.44. The average molecular weight is 431 g/mol. The standard InChI is InChI=1S/C26H26N2O4/c1-32-20-13-11-19(12-14-20)27-24(29)21(15-16-5-3-2-4-6-16)28-25(30)22-17-7-8-18(10-9-17)23(22)26(28)31/h2-8,11-14,17-18,21-23H,9-10,15H2,1H3,(H,27,29)/t17-,18-,21-,22-,23-/m0/s1. The number of amides is 3. The molecule has 3 aliphatic carbocycles. The van der Waals surface area contributed by atoms with Crippen LogP contribution in [-0.2, 0) is 20.8 Å². The van der Waals surface area contributed by atoms with Crippen LogP contribution in [-0.4, -0.2) is 35.8 Å². The van der Waals surface area contributed by atoms with Gasteiger partial charge in [0, 0.05) is 12.1 Å². The van der Waals surface area contributed by atoms with E-state index >= 15 is 0 Å². The first-order chi connectivity index (χ1) is 15.6. The van der Waals surface area contributed by atoms with E-state index < -0.39 is 6.04 Å². The van der Waals surface area contributed by atoms with Gasteiger partial charge in [0.2, 0.25) is 17.7 Å². The van der Waals surface area contributed by atoms with Gasteiger partial charge in [-0.15, -0.1) is 0 Å². The molecule has 1 heterocycles. The number of rotatable bonds is 6. The van der Waals surface area contributed by atoms with E-state index in [1.54, 1.807) is 31.4 Å². The summed E-state index contributed by atoms with van der Waals surface area (Å²) in [7, 11) is 1.58. The third-order valence-electron chi connectivity index (χ3n) is 7.04. The van der Waals surface area contributed by atoms with Crippen molar-refractivity contribution in [3.05, 3.63) is 72.3 Å². The molecular formula is C26H26N2O4.